The van der Waals surface area contributed by atoms with E-state index < -0.39 is 37.3 Å². The molecule has 1 heterocycles. The zero-order chi connectivity index (χ0) is 20.1. The minimum absolute atomic E-state index is 0.0184. The van der Waals surface area contributed by atoms with Gasteiger partial charge < -0.3 is 30.3 Å². The van der Waals surface area contributed by atoms with Crippen LogP contribution >= 0.6 is 0 Å². The number of carbonyl (C=O) groups excluding carboxylic acids is 1. The molecule has 0 spiro atoms. The van der Waals surface area contributed by atoms with Crippen molar-refractivity contribution in [3.63, 3.8) is 0 Å². The molecule has 2 rings (SSSR count). The lowest BCUT2D eigenvalue weighted by molar-refractivity contribution is -0.286. The van der Waals surface area contributed by atoms with Crippen LogP contribution in [0, 0.1) is 5.41 Å². The molecule has 1 aliphatic heterocycles. The van der Waals surface area contributed by atoms with Crippen LogP contribution in [0.1, 0.15) is 34.1 Å². The van der Waals surface area contributed by atoms with Crippen LogP contribution in [-0.2, 0) is 9.53 Å². The largest absolute Gasteiger partial charge is 0.394 e. The zero-order valence-electron chi connectivity index (χ0n) is 15.7. The van der Waals surface area contributed by atoms with Crippen LogP contribution in [0.15, 0.2) is 35.5 Å². The molecule has 5 atom stereocenters. The standard InChI is InChI=1S/C13H18O.C6H12O6/c1-5-7-11(14)12-10(2)8-6-9-13(12,3)4;7-1-2-3(8)4(9)5(10)6(11)12-2/h5-8H,9H2,1-4H3;2-11H,1H2/b7-5+;/t;2-,3-,4+,5-,6?/m.1/s1. The van der Waals surface area contributed by atoms with E-state index in [2.05, 4.69) is 24.7 Å². The Kier molecular flexibility index (Phi) is 8.33. The first-order valence-corrected chi connectivity index (χ1v) is 8.60. The van der Waals surface area contributed by atoms with Gasteiger partial charge in [0.2, 0.25) is 0 Å². The van der Waals surface area contributed by atoms with Crippen molar-refractivity contribution in [2.24, 2.45) is 5.41 Å². The van der Waals surface area contributed by atoms with Gasteiger partial charge in [0.05, 0.1) is 6.61 Å². The van der Waals surface area contributed by atoms with Crippen molar-refractivity contribution in [2.45, 2.75) is 64.8 Å². The molecule has 2 aliphatic rings. The van der Waals surface area contributed by atoms with Crippen molar-refractivity contribution >= 4 is 5.78 Å². The van der Waals surface area contributed by atoms with E-state index in [1.54, 1.807) is 12.2 Å². The SMILES string of the molecule is C/C=C/C(=O)C1=C(C)C=CCC1(C)C.OC[C@H]1OC(O)[C@H](O)[C@@H](O)[C@@H]1O. The highest BCUT2D eigenvalue weighted by Gasteiger charge is 2.42. The van der Waals surface area contributed by atoms with Gasteiger partial charge in [0.15, 0.2) is 12.1 Å². The van der Waals surface area contributed by atoms with Crippen molar-refractivity contribution in [2.75, 3.05) is 6.61 Å². The van der Waals surface area contributed by atoms with Gasteiger partial charge >= 0.3 is 0 Å². The molecule has 0 aromatic rings. The molecule has 26 heavy (non-hydrogen) atoms. The van der Waals surface area contributed by atoms with Crippen molar-refractivity contribution in [1.82, 2.24) is 0 Å². The maximum absolute atomic E-state index is 11.8. The smallest absolute Gasteiger partial charge is 0.184 e. The molecule has 0 aromatic heterocycles. The number of rotatable bonds is 3. The minimum Gasteiger partial charge on any atom is -0.394 e. The third-order valence-electron chi connectivity index (χ3n) is 4.50. The first-order chi connectivity index (χ1) is 12.1. The monoisotopic (exact) mass is 370 g/mol. The molecular formula is C19H30O7. The summed E-state index contributed by atoms with van der Waals surface area (Å²) in [6.07, 6.45) is 1.55. The summed E-state index contributed by atoms with van der Waals surface area (Å²) < 4.78 is 4.58. The second-order valence-corrected chi connectivity index (χ2v) is 7.13. The topological polar surface area (TPSA) is 127 Å². The van der Waals surface area contributed by atoms with Gasteiger partial charge in [-0.25, -0.2) is 0 Å². The number of allylic oxidation sites excluding steroid dienone is 6. The molecule has 0 radical (unpaired) electrons. The fraction of sp³-hybridized carbons (Fsp3) is 0.632. The summed E-state index contributed by atoms with van der Waals surface area (Å²) in [6.45, 7) is 7.60. The van der Waals surface area contributed by atoms with Gasteiger partial charge in [-0.05, 0) is 37.3 Å². The van der Waals surface area contributed by atoms with Gasteiger partial charge in [-0.15, -0.1) is 0 Å². The van der Waals surface area contributed by atoms with E-state index in [1.807, 2.05) is 19.9 Å². The third kappa shape index (κ3) is 5.33. The summed E-state index contributed by atoms with van der Waals surface area (Å²) in [5, 5.41) is 44.7. The normalized spacial score (nSPS) is 33.8. The summed E-state index contributed by atoms with van der Waals surface area (Å²) in [5.74, 6) is 0.152. The van der Waals surface area contributed by atoms with Crippen LogP contribution in [0.25, 0.3) is 0 Å². The predicted octanol–water partition coefficient (Wildman–Crippen LogP) is 0.213. The maximum atomic E-state index is 11.8. The molecule has 0 aromatic carbocycles. The van der Waals surface area contributed by atoms with E-state index >= 15 is 0 Å². The fourth-order valence-electron chi connectivity index (χ4n) is 3.09. The molecule has 148 valence electrons. The highest BCUT2D eigenvalue weighted by Crippen LogP contribution is 2.37. The molecule has 0 saturated carbocycles. The van der Waals surface area contributed by atoms with Crippen molar-refractivity contribution < 1.29 is 35.1 Å². The molecule has 0 bridgehead atoms. The van der Waals surface area contributed by atoms with E-state index in [0.717, 1.165) is 17.6 Å². The summed E-state index contributed by atoms with van der Waals surface area (Å²) in [7, 11) is 0. The first-order valence-electron chi connectivity index (χ1n) is 8.60. The van der Waals surface area contributed by atoms with Gasteiger partial charge in [-0.1, -0.05) is 32.1 Å². The Morgan fingerprint density at radius 1 is 1.23 bits per heavy atom. The van der Waals surface area contributed by atoms with Crippen LogP contribution in [0.2, 0.25) is 0 Å². The number of hydrogen-bond acceptors (Lipinski definition) is 7. The second kappa shape index (κ2) is 9.55. The van der Waals surface area contributed by atoms with Gasteiger partial charge in [0.25, 0.3) is 0 Å². The van der Waals surface area contributed by atoms with Crippen LogP contribution < -0.4 is 0 Å². The van der Waals surface area contributed by atoms with Crippen LogP contribution in [-0.4, -0.2) is 68.6 Å². The van der Waals surface area contributed by atoms with Gasteiger partial charge in [0.1, 0.15) is 24.4 Å². The Morgan fingerprint density at radius 3 is 2.35 bits per heavy atom. The highest BCUT2D eigenvalue weighted by molar-refractivity contribution is 6.05. The molecule has 0 amide bonds. The maximum Gasteiger partial charge on any atom is 0.184 e. The molecule has 7 nitrogen and oxygen atoms in total. The Morgan fingerprint density at radius 2 is 1.85 bits per heavy atom. The van der Waals surface area contributed by atoms with Gasteiger partial charge in [-0.2, -0.15) is 0 Å². The molecule has 1 fully saturated rings. The molecule has 5 N–H and O–H groups in total. The highest BCUT2D eigenvalue weighted by atomic mass is 16.6. The number of hydrogen-bond donors (Lipinski definition) is 5. The van der Waals surface area contributed by atoms with Crippen LogP contribution in [0.5, 0.6) is 0 Å². The minimum atomic E-state index is -1.57. The number of ether oxygens (including phenoxy) is 1. The lowest BCUT2D eigenvalue weighted by atomic mass is 9.74. The molecular weight excluding hydrogens is 340 g/mol. The predicted molar refractivity (Wildman–Crippen MR) is 96.0 cm³/mol. The fourth-order valence-corrected chi connectivity index (χ4v) is 3.09. The molecule has 7 heteroatoms. The van der Waals surface area contributed by atoms with E-state index in [0.29, 0.717) is 0 Å². The lowest BCUT2D eigenvalue weighted by Gasteiger charge is -2.37. The summed E-state index contributed by atoms with van der Waals surface area (Å²) in [6, 6.07) is 0. The molecule has 1 unspecified atom stereocenters. The Labute approximate surface area is 153 Å². The summed E-state index contributed by atoms with van der Waals surface area (Å²) in [5.41, 5.74) is 2.04. The Hall–Kier alpha value is -1.35. The van der Waals surface area contributed by atoms with Crippen molar-refractivity contribution in [3.8, 4) is 0 Å². The number of ketones is 1. The van der Waals surface area contributed by atoms with Gasteiger partial charge in [-0.3, -0.25) is 4.79 Å². The average molecular weight is 370 g/mol. The van der Waals surface area contributed by atoms with Crippen molar-refractivity contribution in [3.05, 3.63) is 35.5 Å². The van der Waals surface area contributed by atoms with E-state index in [4.69, 9.17) is 25.5 Å². The summed E-state index contributed by atoms with van der Waals surface area (Å²) >= 11 is 0. The second-order valence-electron chi connectivity index (χ2n) is 7.13. The lowest BCUT2D eigenvalue weighted by Crippen LogP contribution is -2.58. The van der Waals surface area contributed by atoms with E-state index in [-0.39, 0.29) is 11.2 Å². The molecule has 1 aliphatic carbocycles. The zero-order valence-corrected chi connectivity index (χ0v) is 15.7. The quantitative estimate of drug-likeness (QED) is 0.450. The number of carbonyl (C=O) groups is 1. The van der Waals surface area contributed by atoms with Crippen LogP contribution in [0.4, 0.5) is 0 Å². The average Bonchev–Trinajstić information content (AvgIpc) is 2.56. The van der Waals surface area contributed by atoms with E-state index in [9.17, 15) is 4.79 Å². The summed E-state index contributed by atoms with van der Waals surface area (Å²) in [4.78, 5) is 11.8. The third-order valence-corrected chi connectivity index (χ3v) is 4.50. The first kappa shape index (κ1) is 22.7. The Balaban J connectivity index is 0.000000263. The van der Waals surface area contributed by atoms with Crippen molar-refractivity contribution in [1.29, 1.82) is 0 Å². The van der Waals surface area contributed by atoms with E-state index in [1.165, 1.54) is 0 Å². The van der Waals surface area contributed by atoms with Gasteiger partial charge in [0, 0.05) is 5.57 Å². The number of aliphatic hydroxyl groups excluding tert-OH is 5. The number of aliphatic hydroxyl groups is 5. The van der Waals surface area contributed by atoms with Crippen LogP contribution in [0.3, 0.4) is 0 Å². The Bertz CT molecular complexity index is 572. The molecule has 1 saturated heterocycles.